The average molecular weight is 423 g/mol. The molecule has 0 aliphatic heterocycles. The molecule has 0 aliphatic rings. The summed E-state index contributed by atoms with van der Waals surface area (Å²) in [4.78, 5) is 4.13. The van der Waals surface area contributed by atoms with E-state index in [0.29, 0.717) is 5.56 Å². The number of hydrogen-bond acceptors (Lipinski definition) is 4. The van der Waals surface area contributed by atoms with Gasteiger partial charge in [0.1, 0.15) is 17.8 Å². The lowest BCUT2D eigenvalue weighted by Gasteiger charge is -2.14. The smallest absolute Gasteiger partial charge is 0.388 e. The first-order chi connectivity index (χ1) is 13.2. The summed E-state index contributed by atoms with van der Waals surface area (Å²) in [5.41, 5.74) is 4.83. The first kappa shape index (κ1) is 21.3. The van der Waals surface area contributed by atoms with E-state index in [-0.39, 0.29) is 39.1 Å². The van der Waals surface area contributed by atoms with Crippen LogP contribution in [-0.4, -0.2) is 5.71 Å². The highest BCUT2D eigenvalue weighted by atomic mass is 35.5. The Labute approximate surface area is 168 Å². The van der Waals surface area contributed by atoms with Crippen LogP contribution in [-0.2, 0) is 12.6 Å². The van der Waals surface area contributed by atoms with Crippen molar-refractivity contribution < 1.29 is 13.2 Å². The van der Waals surface area contributed by atoms with Crippen LogP contribution in [0.4, 0.5) is 13.2 Å². The minimum Gasteiger partial charge on any atom is -0.388 e. The normalized spacial score (nSPS) is 12.8. The molecule has 0 atom stereocenters. The Morgan fingerprint density at radius 1 is 1.04 bits per heavy atom. The highest BCUT2D eigenvalue weighted by Gasteiger charge is 2.32. The molecule has 2 N–H and O–H groups in total. The van der Waals surface area contributed by atoms with Crippen LogP contribution in [0.3, 0.4) is 0 Å². The Hall–Kier alpha value is -3.00. The van der Waals surface area contributed by atoms with Gasteiger partial charge in [-0.3, -0.25) is 0 Å². The number of hydrogen-bond donors (Lipinski definition) is 1. The van der Waals surface area contributed by atoms with E-state index in [1.807, 2.05) is 0 Å². The summed E-state index contributed by atoms with van der Waals surface area (Å²) >= 11 is 12.1. The van der Waals surface area contributed by atoms with E-state index in [2.05, 4.69) is 4.99 Å². The Balaban J connectivity index is 2.60. The molecular weight excluding hydrogens is 412 g/mol. The second-order valence-electron chi connectivity index (χ2n) is 5.50. The fraction of sp³-hybridized carbons (Fsp3) is 0.105. The first-order valence-corrected chi connectivity index (χ1v) is 8.41. The molecular formula is C19H11Cl2F3N4. The molecule has 0 fully saturated rings. The molecule has 0 radical (unpaired) electrons. The van der Waals surface area contributed by atoms with Crippen LogP contribution in [0.25, 0.3) is 0 Å². The van der Waals surface area contributed by atoms with Crippen LogP contribution >= 0.6 is 23.2 Å². The standard InChI is InChI=1S/C19H11Cl2F3N4/c20-14-6-12(19(22,23)24)7-15(21)13(14)8-17(11-4-2-1-3-5-11)28-18(10-26)16(27)9-25/h1-7H,8,27H2. The third-order valence-corrected chi connectivity index (χ3v) is 4.32. The number of aliphatic imine (C=N–C) groups is 1. The van der Waals surface area contributed by atoms with Crippen molar-refractivity contribution in [2.75, 3.05) is 0 Å². The highest BCUT2D eigenvalue weighted by molar-refractivity contribution is 6.36. The molecule has 0 aromatic heterocycles. The minimum absolute atomic E-state index is 0.0797. The zero-order valence-electron chi connectivity index (χ0n) is 14.1. The second kappa shape index (κ2) is 8.79. The minimum atomic E-state index is -4.60. The number of alkyl halides is 3. The summed E-state index contributed by atoms with van der Waals surface area (Å²) in [7, 11) is 0. The van der Waals surface area contributed by atoms with E-state index in [4.69, 9.17) is 34.2 Å². The Bertz CT molecular complexity index is 1010. The van der Waals surface area contributed by atoms with Gasteiger partial charge < -0.3 is 5.73 Å². The molecule has 0 heterocycles. The molecule has 142 valence electrons. The molecule has 0 unspecified atom stereocenters. The van der Waals surface area contributed by atoms with Gasteiger partial charge in [0.15, 0.2) is 5.70 Å². The third kappa shape index (κ3) is 5.04. The van der Waals surface area contributed by atoms with E-state index in [9.17, 15) is 18.4 Å². The largest absolute Gasteiger partial charge is 0.416 e. The maximum Gasteiger partial charge on any atom is 0.416 e. The number of rotatable bonds is 4. The molecule has 28 heavy (non-hydrogen) atoms. The average Bonchev–Trinajstić information content (AvgIpc) is 2.66. The molecule has 0 spiro atoms. The van der Waals surface area contributed by atoms with Gasteiger partial charge in [-0.05, 0) is 23.3 Å². The third-order valence-electron chi connectivity index (χ3n) is 3.65. The van der Waals surface area contributed by atoms with Gasteiger partial charge in [-0.2, -0.15) is 23.7 Å². The van der Waals surface area contributed by atoms with Crippen molar-refractivity contribution in [3.05, 3.63) is 80.6 Å². The summed E-state index contributed by atoms with van der Waals surface area (Å²) in [6, 6.07) is 13.5. The number of halogens is 5. The Morgan fingerprint density at radius 3 is 2.07 bits per heavy atom. The molecule has 2 aromatic rings. The molecule has 0 aliphatic carbocycles. The summed E-state index contributed by atoms with van der Waals surface area (Å²) in [5, 5.41) is 17.7. The van der Waals surface area contributed by atoms with E-state index >= 15 is 0 Å². The van der Waals surface area contributed by atoms with Gasteiger partial charge in [-0.1, -0.05) is 53.5 Å². The van der Waals surface area contributed by atoms with Crippen molar-refractivity contribution in [1.82, 2.24) is 0 Å². The Morgan fingerprint density at radius 2 is 1.61 bits per heavy atom. The molecule has 4 nitrogen and oxygen atoms in total. The van der Waals surface area contributed by atoms with Crippen molar-refractivity contribution in [2.45, 2.75) is 12.6 Å². The van der Waals surface area contributed by atoms with E-state index in [0.717, 1.165) is 12.1 Å². The quantitative estimate of drug-likeness (QED) is 0.538. The zero-order valence-corrected chi connectivity index (χ0v) is 15.6. The van der Waals surface area contributed by atoms with Crippen molar-refractivity contribution in [1.29, 1.82) is 10.5 Å². The first-order valence-electron chi connectivity index (χ1n) is 7.65. The lowest BCUT2D eigenvalue weighted by molar-refractivity contribution is -0.137. The predicted octanol–water partition coefficient (Wildman–Crippen LogP) is 5.26. The van der Waals surface area contributed by atoms with Crippen LogP contribution in [0, 0.1) is 22.7 Å². The molecule has 2 rings (SSSR count). The van der Waals surface area contributed by atoms with Crippen LogP contribution in [0.1, 0.15) is 16.7 Å². The van der Waals surface area contributed by atoms with Crippen molar-refractivity contribution in [2.24, 2.45) is 10.7 Å². The fourth-order valence-corrected chi connectivity index (χ4v) is 2.89. The fourth-order valence-electron chi connectivity index (χ4n) is 2.27. The maximum absolute atomic E-state index is 12.9. The number of nitrogens with zero attached hydrogens (tertiary/aromatic N) is 3. The van der Waals surface area contributed by atoms with E-state index in [1.165, 1.54) is 0 Å². The molecule has 0 saturated carbocycles. The molecule has 9 heteroatoms. The zero-order chi connectivity index (χ0) is 20.9. The highest BCUT2D eigenvalue weighted by Crippen LogP contribution is 2.36. The van der Waals surface area contributed by atoms with Crippen LogP contribution in [0.2, 0.25) is 10.0 Å². The van der Waals surface area contributed by atoms with Gasteiger partial charge in [-0.15, -0.1) is 0 Å². The number of nitriles is 2. The van der Waals surface area contributed by atoms with Gasteiger partial charge in [-0.25, -0.2) is 4.99 Å². The molecule has 0 amide bonds. The molecule has 0 bridgehead atoms. The lowest BCUT2D eigenvalue weighted by atomic mass is 10.0. The molecule has 2 aromatic carbocycles. The molecule has 0 saturated heterocycles. The van der Waals surface area contributed by atoms with Crippen LogP contribution in [0.15, 0.2) is 58.9 Å². The van der Waals surface area contributed by atoms with Crippen molar-refractivity contribution >= 4 is 28.9 Å². The van der Waals surface area contributed by atoms with Gasteiger partial charge in [0, 0.05) is 16.5 Å². The number of allylic oxidation sites excluding steroid dienone is 2. The van der Waals surface area contributed by atoms with Crippen LogP contribution < -0.4 is 5.73 Å². The van der Waals surface area contributed by atoms with Gasteiger partial charge in [0.25, 0.3) is 0 Å². The maximum atomic E-state index is 12.9. The van der Waals surface area contributed by atoms with E-state index in [1.54, 1.807) is 42.5 Å². The second-order valence-corrected chi connectivity index (χ2v) is 6.32. The topological polar surface area (TPSA) is 86.0 Å². The summed E-state index contributed by atoms with van der Waals surface area (Å²) < 4.78 is 38.8. The summed E-state index contributed by atoms with van der Waals surface area (Å²) in [6.07, 6.45) is -4.68. The lowest BCUT2D eigenvalue weighted by Crippen LogP contribution is -2.10. The summed E-state index contributed by atoms with van der Waals surface area (Å²) in [6.45, 7) is 0. The Kier molecular flexibility index (Phi) is 6.69. The summed E-state index contributed by atoms with van der Waals surface area (Å²) in [5.74, 6) is 0. The van der Waals surface area contributed by atoms with Crippen LogP contribution in [0.5, 0.6) is 0 Å². The predicted molar refractivity (Wildman–Crippen MR) is 101 cm³/mol. The van der Waals surface area contributed by atoms with E-state index < -0.39 is 11.7 Å². The van der Waals surface area contributed by atoms with Crippen molar-refractivity contribution in [3.63, 3.8) is 0 Å². The number of nitrogens with two attached hydrogens (primary N) is 1. The monoisotopic (exact) mass is 422 g/mol. The van der Waals surface area contributed by atoms with Gasteiger partial charge in [0.2, 0.25) is 0 Å². The van der Waals surface area contributed by atoms with Gasteiger partial charge in [0.05, 0.1) is 11.3 Å². The van der Waals surface area contributed by atoms with Crippen molar-refractivity contribution in [3.8, 4) is 12.1 Å². The SMILES string of the molecule is N#CC(N)=C(C#N)N=C(Cc1c(Cl)cc(C(F)(F)F)cc1Cl)c1ccccc1. The van der Waals surface area contributed by atoms with Gasteiger partial charge >= 0.3 is 6.18 Å². The number of benzene rings is 2.